The monoisotopic (exact) mass is 191 g/mol. The van der Waals surface area contributed by atoms with E-state index in [9.17, 15) is 0 Å². The molecule has 0 amide bonds. The summed E-state index contributed by atoms with van der Waals surface area (Å²) in [7, 11) is 0. The number of aromatic nitrogens is 1. The van der Waals surface area contributed by atoms with E-state index in [1.807, 2.05) is 19.1 Å². The Labute approximate surface area is 85.1 Å². The van der Waals surface area contributed by atoms with Gasteiger partial charge in [-0.2, -0.15) is 0 Å². The van der Waals surface area contributed by atoms with E-state index in [1.54, 1.807) is 12.4 Å². The van der Waals surface area contributed by atoms with Crippen LogP contribution in [0.3, 0.4) is 0 Å². The van der Waals surface area contributed by atoms with Crippen LogP contribution in [0.1, 0.15) is 38.3 Å². The van der Waals surface area contributed by atoms with E-state index in [0.717, 1.165) is 24.2 Å². The van der Waals surface area contributed by atoms with Crippen molar-refractivity contribution in [3.8, 4) is 0 Å². The van der Waals surface area contributed by atoms with E-state index < -0.39 is 0 Å². The maximum Gasteiger partial charge on any atom is 0.0944 e. The first-order chi connectivity index (χ1) is 6.74. The number of rotatable bonds is 4. The number of hydrogen-bond donors (Lipinski definition) is 1. The Balaban J connectivity index is 2.67. The lowest BCUT2D eigenvalue weighted by molar-refractivity contribution is 0.803. The zero-order valence-electron chi connectivity index (χ0n) is 8.77. The van der Waals surface area contributed by atoms with Crippen LogP contribution in [0.5, 0.6) is 0 Å². The zero-order valence-corrected chi connectivity index (χ0v) is 8.77. The maximum absolute atomic E-state index is 5.76. The summed E-state index contributed by atoms with van der Waals surface area (Å²) in [6.07, 6.45) is 5.46. The van der Waals surface area contributed by atoms with Gasteiger partial charge in [0.25, 0.3) is 0 Å². The van der Waals surface area contributed by atoms with E-state index in [1.165, 1.54) is 0 Å². The highest BCUT2D eigenvalue weighted by Crippen LogP contribution is 2.15. The van der Waals surface area contributed by atoms with Gasteiger partial charge in [0.1, 0.15) is 0 Å². The molecule has 1 heterocycles. The topological polar surface area (TPSA) is 51.3 Å². The normalized spacial score (nSPS) is 14.0. The average molecular weight is 191 g/mol. The summed E-state index contributed by atoms with van der Waals surface area (Å²) < 4.78 is 0. The molecule has 1 aromatic rings. The van der Waals surface area contributed by atoms with E-state index >= 15 is 0 Å². The Morgan fingerprint density at radius 1 is 1.50 bits per heavy atom. The molecule has 76 valence electrons. The number of nitrogens with two attached hydrogens (primary N) is 1. The molecule has 0 aliphatic carbocycles. The van der Waals surface area contributed by atoms with E-state index in [4.69, 9.17) is 5.73 Å². The van der Waals surface area contributed by atoms with Crippen LogP contribution in [0.15, 0.2) is 29.5 Å². The molecule has 1 unspecified atom stereocenters. The van der Waals surface area contributed by atoms with Gasteiger partial charge >= 0.3 is 0 Å². The lowest BCUT2D eigenvalue weighted by atomic mass is 10.1. The molecule has 0 spiro atoms. The molecule has 0 saturated carbocycles. The minimum atomic E-state index is 0.129. The molecule has 0 aromatic carbocycles. The number of nitrogens with zero attached hydrogens (tertiary/aromatic N) is 2. The van der Waals surface area contributed by atoms with Crippen LogP contribution in [0, 0.1) is 0 Å². The predicted molar refractivity (Wildman–Crippen MR) is 59.2 cm³/mol. The first-order valence-electron chi connectivity index (χ1n) is 4.96. The summed E-state index contributed by atoms with van der Waals surface area (Å²) in [5.74, 6) is 0.733. The molecular formula is C11H17N3. The van der Waals surface area contributed by atoms with Crippen molar-refractivity contribution in [3.05, 3.63) is 30.1 Å². The third-order valence-electron chi connectivity index (χ3n) is 2.05. The molecule has 1 atom stereocenters. The van der Waals surface area contributed by atoms with Crippen LogP contribution in [0.25, 0.3) is 0 Å². The average Bonchev–Trinajstić information content (AvgIpc) is 2.19. The molecule has 0 radical (unpaired) electrons. The second kappa shape index (κ2) is 5.37. The van der Waals surface area contributed by atoms with Crippen LogP contribution in [0.4, 0.5) is 0 Å². The van der Waals surface area contributed by atoms with Gasteiger partial charge in [0.15, 0.2) is 0 Å². The van der Waals surface area contributed by atoms with Crippen molar-refractivity contribution in [2.75, 3.05) is 0 Å². The minimum absolute atomic E-state index is 0.129. The highest BCUT2D eigenvalue weighted by atomic mass is 14.9. The molecule has 3 nitrogen and oxygen atoms in total. The molecule has 0 saturated heterocycles. The molecule has 14 heavy (non-hydrogen) atoms. The number of amidine groups is 1. The molecule has 1 aromatic heterocycles. The third-order valence-corrected chi connectivity index (χ3v) is 2.05. The van der Waals surface area contributed by atoms with Gasteiger partial charge in [0.05, 0.1) is 11.9 Å². The van der Waals surface area contributed by atoms with Gasteiger partial charge in [0.2, 0.25) is 0 Å². The lowest BCUT2D eigenvalue weighted by Crippen LogP contribution is -2.12. The Morgan fingerprint density at radius 3 is 2.71 bits per heavy atom. The third kappa shape index (κ3) is 3.17. The van der Waals surface area contributed by atoms with Crippen molar-refractivity contribution in [2.45, 2.75) is 32.7 Å². The largest absolute Gasteiger partial charge is 0.387 e. The summed E-state index contributed by atoms with van der Waals surface area (Å²) in [5.41, 5.74) is 6.91. The van der Waals surface area contributed by atoms with Crippen LogP contribution in [0.2, 0.25) is 0 Å². The molecule has 0 aliphatic heterocycles. The fourth-order valence-electron chi connectivity index (χ4n) is 1.29. The highest BCUT2D eigenvalue weighted by Gasteiger charge is 2.02. The Bertz CT molecular complexity index is 293. The molecule has 3 heteroatoms. The first kappa shape index (κ1) is 10.7. The van der Waals surface area contributed by atoms with Crippen LogP contribution in [-0.2, 0) is 0 Å². The summed E-state index contributed by atoms with van der Waals surface area (Å²) >= 11 is 0. The highest BCUT2D eigenvalue weighted by molar-refractivity contribution is 5.80. The van der Waals surface area contributed by atoms with Gasteiger partial charge in [-0.05, 0) is 31.0 Å². The van der Waals surface area contributed by atoms with Gasteiger partial charge < -0.3 is 5.73 Å². The van der Waals surface area contributed by atoms with Crippen LogP contribution in [-0.4, -0.2) is 10.8 Å². The zero-order chi connectivity index (χ0) is 10.4. The molecule has 1 rings (SSSR count). The van der Waals surface area contributed by atoms with Gasteiger partial charge in [-0.15, -0.1) is 0 Å². The van der Waals surface area contributed by atoms with Crippen LogP contribution < -0.4 is 5.73 Å². The van der Waals surface area contributed by atoms with Crippen molar-refractivity contribution in [1.29, 1.82) is 0 Å². The standard InChI is InChI=1S/C11H17N3/c1-3-4-11(12)14-9(2)10-5-7-13-8-6-10/h5-9H,3-4H2,1-2H3,(H2,12,14). The smallest absolute Gasteiger partial charge is 0.0944 e. The quantitative estimate of drug-likeness (QED) is 0.586. The van der Waals surface area contributed by atoms with Gasteiger partial charge in [-0.3, -0.25) is 9.98 Å². The lowest BCUT2D eigenvalue weighted by Gasteiger charge is -2.07. The predicted octanol–water partition coefficient (Wildman–Crippen LogP) is 2.30. The summed E-state index contributed by atoms with van der Waals surface area (Å²) in [4.78, 5) is 8.37. The van der Waals surface area contributed by atoms with Crippen molar-refractivity contribution in [3.63, 3.8) is 0 Å². The number of aliphatic imine (C=N–C) groups is 1. The van der Waals surface area contributed by atoms with Gasteiger partial charge in [-0.25, -0.2) is 0 Å². The maximum atomic E-state index is 5.76. The summed E-state index contributed by atoms with van der Waals surface area (Å²) in [5, 5.41) is 0. The summed E-state index contributed by atoms with van der Waals surface area (Å²) in [6, 6.07) is 4.06. The van der Waals surface area contributed by atoms with E-state index in [2.05, 4.69) is 16.9 Å². The second-order valence-electron chi connectivity index (χ2n) is 3.33. The Kier molecular flexibility index (Phi) is 4.11. The molecule has 2 N–H and O–H groups in total. The SMILES string of the molecule is CCCC(N)=NC(C)c1ccncc1. The fourth-order valence-corrected chi connectivity index (χ4v) is 1.29. The Morgan fingerprint density at radius 2 is 2.14 bits per heavy atom. The number of pyridine rings is 1. The second-order valence-corrected chi connectivity index (χ2v) is 3.33. The molecule has 0 fully saturated rings. The van der Waals surface area contributed by atoms with E-state index in [-0.39, 0.29) is 6.04 Å². The van der Waals surface area contributed by atoms with Crippen molar-refractivity contribution in [2.24, 2.45) is 10.7 Å². The first-order valence-corrected chi connectivity index (χ1v) is 4.96. The van der Waals surface area contributed by atoms with Crippen LogP contribution >= 0.6 is 0 Å². The molecule has 0 bridgehead atoms. The number of hydrogen-bond acceptors (Lipinski definition) is 2. The van der Waals surface area contributed by atoms with E-state index in [0.29, 0.717) is 0 Å². The summed E-state index contributed by atoms with van der Waals surface area (Å²) in [6.45, 7) is 4.14. The fraction of sp³-hybridized carbons (Fsp3) is 0.455. The van der Waals surface area contributed by atoms with Gasteiger partial charge in [0, 0.05) is 18.8 Å². The minimum Gasteiger partial charge on any atom is -0.387 e. The Hall–Kier alpha value is -1.38. The van der Waals surface area contributed by atoms with Crippen molar-refractivity contribution < 1.29 is 0 Å². The van der Waals surface area contributed by atoms with Crippen molar-refractivity contribution in [1.82, 2.24) is 4.98 Å². The molecular weight excluding hydrogens is 174 g/mol. The molecule has 0 aliphatic rings. The van der Waals surface area contributed by atoms with Gasteiger partial charge in [-0.1, -0.05) is 6.92 Å². The van der Waals surface area contributed by atoms with Crippen molar-refractivity contribution >= 4 is 5.84 Å².